The highest BCUT2D eigenvalue weighted by atomic mass is 35.5. The maximum Gasteiger partial charge on any atom is 0.0780 e. The van der Waals surface area contributed by atoms with Crippen molar-refractivity contribution in [1.82, 2.24) is 0 Å². The summed E-state index contributed by atoms with van der Waals surface area (Å²) in [6.07, 6.45) is 20.4. The van der Waals surface area contributed by atoms with E-state index in [0.717, 1.165) is 4.48 Å². The summed E-state index contributed by atoms with van der Waals surface area (Å²) >= 11 is 0. The first kappa shape index (κ1) is 27.1. The summed E-state index contributed by atoms with van der Waals surface area (Å²) in [7, 11) is 6.88. The minimum atomic E-state index is 0. The maximum absolute atomic E-state index is 2.29. The fourth-order valence-corrected chi connectivity index (χ4v) is 2.78. The standard InChI is InChI=1S/C19H42N.ClH.H2O/c1-5-6-7-8-9-10-11-12-13-14-15-16-17-18-19-20(2,3)4;;/h5-19H2,1-4H3;1H;1H2/q+1;;. The van der Waals surface area contributed by atoms with Gasteiger partial charge in [0.2, 0.25) is 0 Å². The van der Waals surface area contributed by atoms with Crippen LogP contribution in [0.2, 0.25) is 0 Å². The maximum atomic E-state index is 2.29. The molecule has 0 heterocycles. The van der Waals surface area contributed by atoms with E-state index in [1.165, 1.54) is 96.4 Å². The van der Waals surface area contributed by atoms with Gasteiger partial charge in [0.15, 0.2) is 0 Å². The number of halogens is 1. The molecule has 0 fully saturated rings. The first-order valence-electron chi connectivity index (χ1n) is 9.36. The van der Waals surface area contributed by atoms with Crippen molar-refractivity contribution < 1.29 is 9.96 Å². The monoisotopic (exact) mass is 338 g/mol. The van der Waals surface area contributed by atoms with E-state index in [9.17, 15) is 0 Å². The molecular weight excluding hydrogens is 294 g/mol. The van der Waals surface area contributed by atoms with E-state index in [0.29, 0.717) is 0 Å². The van der Waals surface area contributed by atoms with E-state index in [2.05, 4.69) is 28.1 Å². The predicted molar refractivity (Wildman–Crippen MR) is 104 cm³/mol. The van der Waals surface area contributed by atoms with E-state index in [4.69, 9.17) is 0 Å². The Hall–Kier alpha value is 0.210. The van der Waals surface area contributed by atoms with E-state index >= 15 is 0 Å². The summed E-state index contributed by atoms with van der Waals surface area (Å²) in [5.41, 5.74) is 0. The average Bonchev–Trinajstić information content (AvgIpc) is 2.38. The molecule has 0 amide bonds. The molecule has 138 valence electrons. The van der Waals surface area contributed by atoms with Gasteiger partial charge in [0, 0.05) is 0 Å². The molecule has 0 unspecified atom stereocenters. The highest BCUT2D eigenvalue weighted by molar-refractivity contribution is 5.85. The predicted octanol–water partition coefficient (Wildman–Crippen LogP) is 5.77. The molecule has 0 bridgehead atoms. The van der Waals surface area contributed by atoms with Gasteiger partial charge in [0.05, 0.1) is 27.7 Å². The first-order chi connectivity index (χ1) is 9.56. The quantitative estimate of drug-likeness (QED) is 0.268. The van der Waals surface area contributed by atoms with Gasteiger partial charge in [-0.05, 0) is 12.8 Å². The Balaban J connectivity index is -0.00000180. The molecule has 0 radical (unpaired) electrons. The van der Waals surface area contributed by atoms with E-state index in [1.807, 2.05) is 0 Å². The molecule has 0 aromatic heterocycles. The van der Waals surface area contributed by atoms with E-state index < -0.39 is 0 Å². The molecule has 0 rings (SSSR count). The average molecular weight is 339 g/mol. The molecular formula is C19H45ClNO+. The van der Waals surface area contributed by atoms with Crippen LogP contribution in [0.1, 0.15) is 96.8 Å². The summed E-state index contributed by atoms with van der Waals surface area (Å²) in [4.78, 5) is 0. The third kappa shape index (κ3) is 25.2. The fraction of sp³-hybridized carbons (Fsp3) is 1.00. The summed E-state index contributed by atoms with van der Waals surface area (Å²) < 4.78 is 1.12. The van der Waals surface area contributed by atoms with Gasteiger partial charge in [-0.3, -0.25) is 0 Å². The molecule has 0 aromatic carbocycles. The summed E-state index contributed by atoms with van der Waals surface area (Å²) in [6, 6.07) is 0. The molecule has 0 saturated carbocycles. The van der Waals surface area contributed by atoms with Crippen LogP contribution in [0.3, 0.4) is 0 Å². The molecule has 3 heteroatoms. The van der Waals surface area contributed by atoms with Crippen molar-refractivity contribution in [1.29, 1.82) is 0 Å². The highest BCUT2D eigenvalue weighted by Gasteiger charge is 2.04. The number of hydrogen-bond donors (Lipinski definition) is 0. The Labute approximate surface area is 147 Å². The smallest absolute Gasteiger partial charge is 0.0780 e. The van der Waals surface area contributed by atoms with Crippen LogP contribution in [0.4, 0.5) is 0 Å². The lowest BCUT2D eigenvalue weighted by Gasteiger charge is -2.23. The summed E-state index contributed by atoms with van der Waals surface area (Å²) in [5.74, 6) is 0. The molecule has 0 spiro atoms. The number of quaternary nitrogens is 1. The van der Waals surface area contributed by atoms with Crippen molar-refractivity contribution in [2.24, 2.45) is 0 Å². The van der Waals surface area contributed by atoms with Crippen molar-refractivity contribution >= 4 is 12.4 Å². The van der Waals surface area contributed by atoms with Gasteiger partial charge in [0.25, 0.3) is 0 Å². The van der Waals surface area contributed by atoms with Crippen LogP contribution >= 0.6 is 12.4 Å². The van der Waals surface area contributed by atoms with Gasteiger partial charge in [-0.1, -0.05) is 84.0 Å². The Kier molecular flexibility index (Phi) is 23.7. The lowest BCUT2D eigenvalue weighted by atomic mass is 10.0. The zero-order valence-electron chi connectivity index (χ0n) is 16.0. The van der Waals surface area contributed by atoms with Crippen molar-refractivity contribution in [3.63, 3.8) is 0 Å². The minimum absolute atomic E-state index is 0. The van der Waals surface area contributed by atoms with Crippen molar-refractivity contribution in [3.8, 4) is 0 Å². The van der Waals surface area contributed by atoms with Crippen LogP contribution in [0.25, 0.3) is 0 Å². The second-order valence-electron chi connectivity index (χ2n) is 7.61. The van der Waals surface area contributed by atoms with Gasteiger partial charge in [0.1, 0.15) is 0 Å². The third-order valence-corrected chi connectivity index (χ3v) is 4.18. The Morgan fingerprint density at radius 3 is 1.05 bits per heavy atom. The Morgan fingerprint density at radius 1 is 0.500 bits per heavy atom. The number of nitrogens with zero attached hydrogens (tertiary/aromatic N) is 1. The van der Waals surface area contributed by atoms with Crippen molar-refractivity contribution in [3.05, 3.63) is 0 Å². The topological polar surface area (TPSA) is 31.5 Å². The molecule has 0 atom stereocenters. The third-order valence-electron chi connectivity index (χ3n) is 4.18. The second-order valence-corrected chi connectivity index (χ2v) is 7.61. The van der Waals surface area contributed by atoms with Crippen molar-refractivity contribution in [2.75, 3.05) is 27.7 Å². The van der Waals surface area contributed by atoms with E-state index in [-0.39, 0.29) is 17.9 Å². The molecule has 0 aliphatic carbocycles. The van der Waals surface area contributed by atoms with Gasteiger partial charge in [-0.2, -0.15) is 0 Å². The Bertz CT molecular complexity index is 192. The Morgan fingerprint density at radius 2 is 0.773 bits per heavy atom. The fourth-order valence-electron chi connectivity index (χ4n) is 2.78. The molecule has 2 nitrogen and oxygen atoms in total. The SMILES string of the molecule is CCCCCCCCCCCCCCCC[N+](C)(C)C.Cl.O. The molecule has 0 aromatic rings. The molecule has 0 aliphatic rings. The summed E-state index contributed by atoms with van der Waals surface area (Å²) in [5, 5.41) is 0. The number of rotatable bonds is 15. The summed E-state index contributed by atoms with van der Waals surface area (Å²) in [6.45, 7) is 3.63. The molecule has 0 saturated heterocycles. The minimum Gasteiger partial charge on any atom is -0.412 e. The zero-order chi connectivity index (χ0) is 15.1. The van der Waals surface area contributed by atoms with Crippen LogP contribution in [0, 0.1) is 0 Å². The lowest BCUT2D eigenvalue weighted by molar-refractivity contribution is -0.870. The number of hydrogen-bond acceptors (Lipinski definition) is 0. The van der Waals surface area contributed by atoms with Crippen LogP contribution in [-0.4, -0.2) is 37.6 Å². The normalized spacial score (nSPS) is 10.9. The van der Waals surface area contributed by atoms with Gasteiger partial charge in [-0.25, -0.2) is 0 Å². The highest BCUT2D eigenvalue weighted by Crippen LogP contribution is 2.13. The lowest BCUT2D eigenvalue weighted by Crippen LogP contribution is -2.35. The molecule has 2 N–H and O–H groups in total. The molecule has 0 aliphatic heterocycles. The van der Waals surface area contributed by atoms with Gasteiger partial charge < -0.3 is 9.96 Å². The van der Waals surface area contributed by atoms with Crippen LogP contribution in [0.5, 0.6) is 0 Å². The van der Waals surface area contributed by atoms with Crippen LogP contribution < -0.4 is 0 Å². The number of unbranched alkanes of at least 4 members (excludes halogenated alkanes) is 13. The zero-order valence-corrected chi connectivity index (χ0v) is 16.8. The van der Waals surface area contributed by atoms with Crippen molar-refractivity contribution in [2.45, 2.75) is 96.8 Å². The van der Waals surface area contributed by atoms with Gasteiger partial charge >= 0.3 is 0 Å². The first-order valence-corrected chi connectivity index (χ1v) is 9.36. The second kappa shape index (κ2) is 19.3. The van der Waals surface area contributed by atoms with Crippen LogP contribution in [-0.2, 0) is 0 Å². The molecule has 22 heavy (non-hydrogen) atoms. The largest absolute Gasteiger partial charge is 0.412 e. The van der Waals surface area contributed by atoms with E-state index in [1.54, 1.807) is 0 Å². The van der Waals surface area contributed by atoms with Gasteiger partial charge in [-0.15, -0.1) is 12.4 Å². The van der Waals surface area contributed by atoms with Crippen LogP contribution in [0.15, 0.2) is 0 Å².